The van der Waals surface area contributed by atoms with Crippen LogP contribution in [0.2, 0.25) is 0 Å². The highest BCUT2D eigenvalue weighted by Crippen LogP contribution is 2.44. The number of aromatic nitrogens is 1. The molecule has 0 saturated heterocycles. The number of hydrogen-bond donors (Lipinski definition) is 0. The molecule has 7 aromatic rings. The Kier molecular flexibility index (Phi) is 4.85. The van der Waals surface area contributed by atoms with E-state index in [1.54, 1.807) is 0 Å². The number of benzene rings is 6. The molecule has 0 saturated carbocycles. The second-order valence-corrected chi connectivity index (χ2v) is 9.19. The molecule has 0 N–H and O–H groups in total. The molecule has 7 rings (SSSR count). The molecule has 0 fully saturated rings. The molecule has 0 aliphatic rings. The third-order valence-corrected chi connectivity index (χ3v) is 7.14. The lowest BCUT2D eigenvalue weighted by Gasteiger charge is -2.18. The topological polar surface area (TPSA) is 12.9 Å². The molecule has 0 aliphatic heterocycles. The highest BCUT2D eigenvalue weighted by atomic mass is 14.6. The molecule has 1 heterocycles. The van der Waals surface area contributed by atoms with Crippen molar-refractivity contribution in [2.75, 3.05) is 0 Å². The molecule has 6 aromatic carbocycles. The second kappa shape index (κ2) is 8.48. The standard InChI is InChI=1S/C35H23N/c1-2-11-25(12-3-1)34-30-17-6-7-18-31(30)35(33-23-36-21-20-32(33)34)27-15-8-14-26(22-27)29-19-9-13-24-10-4-5-16-28(24)29/h1-23H. The monoisotopic (exact) mass is 457 g/mol. The Morgan fingerprint density at radius 2 is 0.972 bits per heavy atom. The minimum atomic E-state index is 1.17. The molecule has 0 radical (unpaired) electrons. The summed E-state index contributed by atoms with van der Waals surface area (Å²) in [6.45, 7) is 0. The quantitative estimate of drug-likeness (QED) is 0.241. The van der Waals surface area contributed by atoms with Gasteiger partial charge in [0.1, 0.15) is 0 Å². The van der Waals surface area contributed by atoms with Crippen molar-refractivity contribution in [2.45, 2.75) is 0 Å². The molecule has 0 atom stereocenters. The van der Waals surface area contributed by atoms with Gasteiger partial charge >= 0.3 is 0 Å². The van der Waals surface area contributed by atoms with Gasteiger partial charge in [0.25, 0.3) is 0 Å². The maximum Gasteiger partial charge on any atom is 0.0353 e. The Labute approximate surface area is 210 Å². The van der Waals surface area contributed by atoms with Crippen LogP contribution in [0.15, 0.2) is 140 Å². The molecule has 0 unspecified atom stereocenters. The average molecular weight is 458 g/mol. The van der Waals surface area contributed by atoms with Crippen LogP contribution in [0.4, 0.5) is 0 Å². The van der Waals surface area contributed by atoms with E-state index in [1.807, 2.05) is 12.4 Å². The van der Waals surface area contributed by atoms with Crippen molar-refractivity contribution >= 4 is 32.3 Å². The first-order valence-corrected chi connectivity index (χ1v) is 12.3. The lowest BCUT2D eigenvalue weighted by atomic mass is 9.86. The van der Waals surface area contributed by atoms with Crippen molar-refractivity contribution in [1.82, 2.24) is 4.98 Å². The van der Waals surface area contributed by atoms with Gasteiger partial charge in [-0.3, -0.25) is 4.98 Å². The Hall–Kier alpha value is -4.75. The van der Waals surface area contributed by atoms with Crippen LogP contribution in [0.5, 0.6) is 0 Å². The lowest BCUT2D eigenvalue weighted by molar-refractivity contribution is 1.37. The Bertz CT molecular complexity index is 1820. The summed E-state index contributed by atoms with van der Waals surface area (Å²) in [5.74, 6) is 0. The predicted molar refractivity (Wildman–Crippen MR) is 153 cm³/mol. The fourth-order valence-electron chi connectivity index (χ4n) is 5.57. The highest BCUT2D eigenvalue weighted by Gasteiger charge is 2.17. The van der Waals surface area contributed by atoms with Crippen molar-refractivity contribution in [2.24, 2.45) is 0 Å². The zero-order chi connectivity index (χ0) is 23.9. The van der Waals surface area contributed by atoms with E-state index in [2.05, 4.69) is 132 Å². The number of fused-ring (bicyclic) bond motifs is 3. The normalized spacial score (nSPS) is 11.3. The van der Waals surface area contributed by atoms with Crippen molar-refractivity contribution < 1.29 is 0 Å². The van der Waals surface area contributed by atoms with Gasteiger partial charge in [-0.1, -0.05) is 115 Å². The number of nitrogens with zero attached hydrogens (tertiary/aromatic N) is 1. The van der Waals surface area contributed by atoms with Crippen molar-refractivity contribution in [3.05, 3.63) is 140 Å². The zero-order valence-corrected chi connectivity index (χ0v) is 19.7. The summed E-state index contributed by atoms with van der Waals surface area (Å²) in [4.78, 5) is 4.56. The van der Waals surface area contributed by atoms with E-state index in [0.29, 0.717) is 0 Å². The first-order chi connectivity index (χ1) is 17.9. The number of pyridine rings is 1. The third-order valence-electron chi connectivity index (χ3n) is 7.14. The summed E-state index contributed by atoms with van der Waals surface area (Å²) in [5, 5.41) is 7.42. The molecule has 0 spiro atoms. The van der Waals surface area contributed by atoms with E-state index in [4.69, 9.17) is 0 Å². The Balaban J connectivity index is 1.55. The van der Waals surface area contributed by atoms with E-state index in [1.165, 1.54) is 65.7 Å². The van der Waals surface area contributed by atoms with Crippen molar-refractivity contribution in [3.63, 3.8) is 0 Å². The van der Waals surface area contributed by atoms with Crippen LogP contribution in [-0.2, 0) is 0 Å². The van der Waals surface area contributed by atoms with Crippen LogP contribution < -0.4 is 0 Å². The summed E-state index contributed by atoms with van der Waals surface area (Å²) in [7, 11) is 0. The van der Waals surface area contributed by atoms with E-state index >= 15 is 0 Å². The molecule has 0 aliphatic carbocycles. The van der Waals surface area contributed by atoms with Gasteiger partial charge in [0.2, 0.25) is 0 Å². The van der Waals surface area contributed by atoms with E-state index in [9.17, 15) is 0 Å². The van der Waals surface area contributed by atoms with Crippen molar-refractivity contribution in [3.8, 4) is 33.4 Å². The van der Waals surface area contributed by atoms with Crippen LogP contribution in [0.1, 0.15) is 0 Å². The van der Waals surface area contributed by atoms with Crippen LogP contribution in [-0.4, -0.2) is 4.98 Å². The van der Waals surface area contributed by atoms with Crippen LogP contribution >= 0.6 is 0 Å². The fourth-order valence-corrected chi connectivity index (χ4v) is 5.57. The van der Waals surface area contributed by atoms with Gasteiger partial charge in [-0.15, -0.1) is 0 Å². The maximum atomic E-state index is 4.56. The lowest BCUT2D eigenvalue weighted by Crippen LogP contribution is -1.92. The molecule has 1 nitrogen and oxygen atoms in total. The fraction of sp³-hybridized carbons (Fsp3) is 0. The molecular weight excluding hydrogens is 434 g/mol. The average Bonchev–Trinajstić information content (AvgIpc) is 2.96. The first kappa shape index (κ1) is 20.6. The Morgan fingerprint density at radius 3 is 1.81 bits per heavy atom. The van der Waals surface area contributed by atoms with Crippen LogP contribution in [0.25, 0.3) is 65.7 Å². The SMILES string of the molecule is c1ccc(-c2c3ccccc3c(-c3cccc(-c4cccc5ccccc45)c3)c3cnccc23)cc1. The molecule has 168 valence electrons. The second-order valence-electron chi connectivity index (χ2n) is 9.19. The minimum absolute atomic E-state index is 1.17. The smallest absolute Gasteiger partial charge is 0.0353 e. The predicted octanol–water partition coefficient (Wildman–Crippen LogP) is 9.54. The summed E-state index contributed by atoms with van der Waals surface area (Å²) < 4.78 is 0. The summed E-state index contributed by atoms with van der Waals surface area (Å²) in [5.41, 5.74) is 7.39. The molecule has 36 heavy (non-hydrogen) atoms. The maximum absolute atomic E-state index is 4.56. The molecule has 1 aromatic heterocycles. The molecule has 1 heteroatoms. The number of hydrogen-bond acceptors (Lipinski definition) is 1. The number of rotatable bonds is 3. The summed E-state index contributed by atoms with van der Waals surface area (Å²) in [6.07, 6.45) is 3.92. The van der Waals surface area contributed by atoms with Gasteiger partial charge in [-0.2, -0.15) is 0 Å². The highest BCUT2D eigenvalue weighted by molar-refractivity contribution is 6.21. The van der Waals surface area contributed by atoms with Crippen LogP contribution in [0, 0.1) is 0 Å². The first-order valence-electron chi connectivity index (χ1n) is 12.3. The van der Waals surface area contributed by atoms with Gasteiger partial charge in [-0.05, 0) is 72.4 Å². The minimum Gasteiger partial charge on any atom is -0.264 e. The van der Waals surface area contributed by atoms with E-state index < -0.39 is 0 Å². The van der Waals surface area contributed by atoms with E-state index in [0.717, 1.165) is 0 Å². The van der Waals surface area contributed by atoms with Crippen LogP contribution in [0.3, 0.4) is 0 Å². The molecule has 0 amide bonds. The summed E-state index contributed by atoms with van der Waals surface area (Å²) >= 11 is 0. The molecular formula is C35H23N. The zero-order valence-electron chi connectivity index (χ0n) is 19.7. The van der Waals surface area contributed by atoms with Gasteiger partial charge < -0.3 is 0 Å². The molecule has 0 bridgehead atoms. The largest absolute Gasteiger partial charge is 0.264 e. The van der Waals surface area contributed by atoms with Gasteiger partial charge in [0.15, 0.2) is 0 Å². The third kappa shape index (κ3) is 3.29. The van der Waals surface area contributed by atoms with Gasteiger partial charge in [0.05, 0.1) is 0 Å². The van der Waals surface area contributed by atoms with Crippen molar-refractivity contribution in [1.29, 1.82) is 0 Å². The van der Waals surface area contributed by atoms with Gasteiger partial charge in [0, 0.05) is 17.8 Å². The Morgan fingerprint density at radius 1 is 0.389 bits per heavy atom. The van der Waals surface area contributed by atoms with E-state index in [-0.39, 0.29) is 0 Å². The van der Waals surface area contributed by atoms with Gasteiger partial charge in [-0.25, -0.2) is 0 Å². The summed E-state index contributed by atoms with van der Waals surface area (Å²) in [6, 6.07) is 45.7.